The highest BCUT2D eigenvalue weighted by atomic mass is 79.9. The molecule has 1 aromatic heterocycles. The Hall–Kier alpha value is -1.27. The fourth-order valence-electron chi connectivity index (χ4n) is 1.55. The Labute approximate surface area is 131 Å². The third-order valence-corrected chi connectivity index (χ3v) is 3.84. The summed E-state index contributed by atoms with van der Waals surface area (Å²) in [6.45, 7) is 2.93. The summed E-state index contributed by atoms with van der Waals surface area (Å²) < 4.78 is 6.62. The van der Waals surface area contributed by atoms with Gasteiger partial charge in [-0.15, -0.1) is 11.8 Å². The highest BCUT2D eigenvalue weighted by Gasteiger charge is 2.10. The third-order valence-electron chi connectivity index (χ3n) is 2.52. The van der Waals surface area contributed by atoms with E-state index in [1.54, 1.807) is 18.0 Å². The van der Waals surface area contributed by atoms with E-state index in [4.69, 9.17) is 4.74 Å². The molecule has 1 aromatic carbocycles. The second kappa shape index (κ2) is 7.50. The summed E-state index contributed by atoms with van der Waals surface area (Å²) in [4.78, 5) is 9.66. The van der Waals surface area contributed by atoms with Crippen molar-refractivity contribution in [2.24, 2.45) is 0 Å². The van der Waals surface area contributed by atoms with Crippen molar-refractivity contribution in [3.63, 3.8) is 0 Å². The maximum atomic E-state index is 5.89. The molecule has 0 saturated carbocycles. The van der Waals surface area contributed by atoms with Crippen molar-refractivity contribution in [1.29, 1.82) is 0 Å². The molecule has 0 fully saturated rings. The van der Waals surface area contributed by atoms with Gasteiger partial charge in [-0.1, -0.05) is 19.1 Å². The van der Waals surface area contributed by atoms with E-state index >= 15 is 0 Å². The van der Waals surface area contributed by atoms with Gasteiger partial charge in [0.15, 0.2) is 0 Å². The van der Waals surface area contributed by atoms with Crippen LogP contribution in [0.4, 0.5) is 5.95 Å². The standard InChI is InChI=1S/C14H16BrN3OS/c1-3-8-16-14-17-9-10(15)13(18-14)19-11-6-4-5-7-12(11)20-2/h4-7,9H,3,8H2,1-2H3,(H,16,17,18). The zero-order valence-electron chi connectivity index (χ0n) is 11.4. The van der Waals surface area contributed by atoms with Crippen LogP contribution >= 0.6 is 27.7 Å². The van der Waals surface area contributed by atoms with Gasteiger partial charge in [0.05, 0.1) is 10.7 Å². The molecule has 0 radical (unpaired) electrons. The Morgan fingerprint density at radius 1 is 1.35 bits per heavy atom. The summed E-state index contributed by atoms with van der Waals surface area (Å²) in [5.41, 5.74) is 0. The number of anilines is 1. The molecule has 1 heterocycles. The second-order valence-electron chi connectivity index (χ2n) is 4.03. The van der Waals surface area contributed by atoms with E-state index in [9.17, 15) is 0 Å². The molecule has 0 amide bonds. The van der Waals surface area contributed by atoms with Gasteiger partial charge in [-0.25, -0.2) is 4.98 Å². The van der Waals surface area contributed by atoms with Crippen molar-refractivity contribution >= 4 is 33.6 Å². The number of hydrogen-bond donors (Lipinski definition) is 1. The summed E-state index contributed by atoms with van der Waals surface area (Å²) in [5, 5.41) is 3.15. The Balaban J connectivity index is 2.23. The molecular formula is C14H16BrN3OS. The largest absolute Gasteiger partial charge is 0.437 e. The van der Waals surface area contributed by atoms with Gasteiger partial charge in [-0.2, -0.15) is 4.98 Å². The number of aromatic nitrogens is 2. The lowest BCUT2D eigenvalue weighted by Gasteiger charge is -2.11. The zero-order chi connectivity index (χ0) is 14.4. The normalized spacial score (nSPS) is 10.3. The predicted octanol–water partition coefficient (Wildman–Crippen LogP) is 4.58. The Morgan fingerprint density at radius 2 is 2.15 bits per heavy atom. The SMILES string of the molecule is CCCNc1ncc(Br)c(Oc2ccccc2SC)n1. The Kier molecular flexibility index (Phi) is 5.67. The quantitative estimate of drug-likeness (QED) is 0.770. The van der Waals surface area contributed by atoms with Gasteiger partial charge in [0, 0.05) is 11.4 Å². The van der Waals surface area contributed by atoms with E-state index in [0.717, 1.165) is 28.1 Å². The van der Waals surface area contributed by atoms with Gasteiger partial charge >= 0.3 is 0 Å². The molecule has 6 heteroatoms. The number of nitrogens with zero attached hydrogens (tertiary/aromatic N) is 2. The number of ether oxygens (including phenoxy) is 1. The summed E-state index contributed by atoms with van der Waals surface area (Å²) in [7, 11) is 0. The first-order chi connectivity index (χ1) is 9.74. The number of thioether (sulfide) groups is 1. The molecule has 2 rings (SSSR count). The van der Waals surface area contributed by atoms with Crippen molar-refractivity contribution in [2.75, 3.05) is 18.1 Å². The Bertz CT molecular complexity index is 580. The molecule has 0 saturated heterocycles. The molecule has 0 aliphatic heterocycles. The van der Waals surface area contributed by atoms with E-state index in [-0.39, 0.29) is 0 Å². The molecule has 2 aromatic rings. The van der Waals surface area contributed by atoms with Crippen molar-refractivity contribution in [1.82, 2.24) is 9.97 Å². The molecule has 0 aliphatic carbocycles. The van der Waals surface area contributed by atoms with Crippen LogP contribution in [0.3, 0.4) is 0 Å². The summed E-state index contributed by atoms with van der Waals surface area (Å²) in [6.07, 6.45) is 4.73. The second-order valence-corrected chi connectivity index (χ2v) is 5.73. The molecule has 0 atom stereocenters. The molecule has 4 nitrogen and oxygen atoms in total. The molecule has 0 unspecified atom stereocenters. The van der Waals surface area contributed by atoms with E-state index in [2.05, 4.69) is 38.1 Å². The minimum atomic E-state index is 0.514. The van der Waals surface area contributed by atoms with Crippen LogP contribution in [0.1, 0.15) is 13.3 Å². The lowest BCUT2D eigenvalue weighted by molar-refractivity contribution is 0.448. The maximum Gasteiger partial charge on any atom is 0.238 e. The van der Waals surface area contributed by atoms with E-state index in [1.807, 2.05) is 30.5 Å². The lowest BCUT2D eigenvalue weighted by Crippen LogP contribution is -2.05. The molecule has 0 aliphatic rings. The fraction of sp³-hybridized carbons (Fsp3) is 0.286. The summed E-state index contributed by atoms with van der Waals surface area (Å²) >= 11 is 5.06. The van der Waals surface area contributed by atoms with Crippen molar-refractivity contribution < 1.29 is 4.74 Å². The van der Waals surface area contributed by atoms with Gasteiger partial charge < -0.3 is 10.1 Å². The van der Waals surface area contributed by atoms with Gasteiger partial charge in [-0.05, 0) is 40.7 Å². The molecule has 0 spiro atoms. The molecule has 1 N–H and O–H groups in total. The molecule has 0 bridgehead atoms. The first kappa shape index (κ1) is 15.1. The molecule has 20 heavy (non-hydrogen) atoms. The number of rotatable bonds is 6. The average Bonchev–Trinajstić information content (AvgIpc) is 2.48. The summed E-state index contributed by atoms with van der Waals surface area (Å²) in [5.74, 6) is 1.88. The number of para-hydroxylation sites is 1. The molecule has 106 valence electrons. The molecular weight excluding hydrogens is 338 g/mol. The van der Waals surface area contributed by atoms with E-state index in [0.29, 0.717) is 11.8 Å². The number of hydrogen-bond acceptors (Lipinski definition) is 5. The minimum absolute atomic E-state index is 0.514. The predicted molar refractivity (Wildman–Crippen MR) is 86.8 cm³/mol. The van der Waals surface area contributed by atoms with Crippen LogP contribution in [-0.4, -0.2) is 22.8 Å². The number of benzene rings is 1. The van der Waals surface area contributed by atoms with Crippen molar-refractivity contribution in [3.8, 4) is 11.6 Å². The first-order valence-electron chi connectivity index (χ1n) is 6.32. The van der Waals surface area contributed by atoms with Crippen LogP contribution in [-0.2, 0) is 0 Å². The first-order valence-corrected chi connectivity index (χ1v) is 8.33. The number of halogens is 1. The maximum absolute atomic E-state index is 5.89. The average molecular weight is 354 g/mol. The van der Waals surface area contributed by atoms with Crippen LogP contribution in [0.25, 0.3) is 0 Å². The van der Waals surface area contributed by atoms with Crippen LogP contribution in [0.15, 0.2) is 39.8 Å². The van der Waals surface area contributed by atoms with Crippen LogP contribution in [0, 0.1) is 0 Å². The zero-order valence-corrected chi connectivity index (χ0v) is 13.8. The van der Waals surface area contributed by atoms with Crippen molar-refractivity contribution in [2.45, 2.75) is 18.2 Å². The highest BCUT2D eigenvalue weighted by Crippen LogP contribution is 2.33. The van der Waals surface area contributed by atoms with Crippen LogP contribution in [0.2, 0.25) is 0 Å². The summed E-state index contributed by atoms with van der Waals surface area (Å²) in [6, 6.07) is 7.88. The van der Waals surface area contributed by atoms with Gasteiger partial charge in [0.1, 0.15) is 5.75 Å². The third kappa shape index (κ3) is 3.86. The minimum Gasteiger partial charge on any atom is -0.437 e. The fourth-order valence-corrected chi connectivity index (χ4v) is 2.35. The van der Waals surface area contributed by atoms with Crippen molar-refractivity contribution in [3.05, 3.63) is 34.9 Å². The lowest BCUT2D eigenvalue weighted by atomic mass is 10.3. The number of nitrogens with one attached hydrogen (secondary N) is 1. The van der Waals surface area contributed by atoms with E-state index < -0.39 is 0 Å². The van der Waals surface area contributed by atoms with Gasteiger partial charge in [-0.3, -0.25) is 0 Å². The van der Waals surface area contributed by atoms with Gasteiger partial charge in [0.2, 0.25) is 11.8 Å². The Morgan fingerprint density at radius 3 is 2.90 bits per heavy atom. The van der Waals surface area contributed by atoms with Crippen LogP contribution in [0.5, 0.6) is 11.6 Å². The smallest absolute Gasteiger partial charge is 0.238 e. The highest BCUT2D eigenvalue weighted by molar-refractivity contribution is 9.10. The monoisotopic (exact) mass is 353 g/mol. The topological polar surface area (TPSA) is 47.0 Å². The van der Waals surface area contributed by atoms with Gasteiger partial charge in [0.25, 0.3) is 0 Å². The van der Waals surface area contributed by atoms with E-state index in [1.165, 1.54) is 0 Å². The van der Waals surface area contributed by atoms with Crippen LogP contribution < -0.4 is 10.1 Å².